The summed E-state index contributed by atoms with van der Waals surface area (Å²) >= 11 is 0. The van der Waals surface area contributed by atoms with E-state index in [-0.39, 0.29) is 12.5 Å². The minimum atomic E-state index is -1.14. The molecule has 1 unspecified atom stereocenters. The number of nitrogens with zero attached hydrogens (tertiary/aromatic N) is 2. The molecular weight excluding hydrogens is 310 g/mol. The Balaban J connectivity index is 1.76. The molecule has 0 radical (unpaired) electrons. The summed E-state index contributed by atoms with van der Waals surface area (Å²) in [6, 6.07) is 6.88. The zero-order valence-electron chi connectivity index (χ0n) is 13.9. The number of imide groups is 1. The van der Waals surface area contributed by atoms with Crippen molar-refractivity contribution in [3.8, 4) is 0 Å². The Labute approximate surface area is 140 Å². The average Bonchev–Trinajstić information content (AvgIpc) is 2.80. The predicted octanol–water partition coefficient (Wildman–Crippen LogP) is 0.621. The Bertz CT molecular complexity index is 667. The second-order valence-electron chi connectivity index (χ2n) is 6.31. The summed E-state index contributed by atoms with van der Waals surface area (Å²) in [5.74, 6) is -0.645. The van der Waals surface area contributed by atoms with E-state index < -0.39 is 17.5 Å². The standard InChI is InChI=1S/C17H21N3O4/c1-12-3-5-13(6-4-12)17(2)15(22)20(16(23)18-17)11-14(21)19-7-9-24-10-8-19/h3-6H,7-11H2,1-2H3,(H,18,23). The maximum absolute atomic E-state index is 12.8. The molecule has 0 aromatic heterocycles. The molecular formula is C17H21N3O4. The lowest BCUT2D eigenvalue weighted by atomic mass is 9.91. The number of carbonyl (C=O) groups excluding carboxylic acids is 3. The number of carbonyl (C=O) groups is 3. The van der Waals surface area contributed by atoms with Crippen LogP contribution in [0.2, 0.25) is 0 Å². The summed E-state index contributed by atoms with van der Waals surface area (Å²) in [4.78, 5) is 40.0. The molecule has 1 atom stereocenters. The van der Waals surface area contributed by atoms with E-state index in [4.69, 9.17) is 4.74 Å². The van der Waals surface area contributed by atoms with Gasteiger partial charge in [-0.1, -0.05) is 29.8 Å². The molecule has 24 heavy (non-hydrogen) atoms. The van der Waals surface area contributed by atoms with Gasteiger partial charge in [0.25, 0.3) is 5.91 Å². The minimum absolute atomic E-state index is 0.241. The van der Waals surface area contributed by atoms with Crippen LogP contribution in [-0.2, 0) is 19.9 Å². The van der Waals surface area contributed by atoms with Crippen molar-refractivity contribution in [2.24, 2.45) is 0 Å². The first-order valence-corrected chi connectivity index (χ1v) is 7.98. The highest BCUT2D eigenvalue weighted by molar-refractivity contribution is 6.09. The maximum atomic E-state index is 12.8. The van der Waals surface area contributed by atoms with Crippen LogP contribution in [0.4, 0.5) is 4.79 Å². The average molecular weight is 331 g/mol. The Morgan fingerprint density at radius 1 is 1.21 bits per heavy atom. The van der Waals surface area contributed by atoms with Crippen LogP contribution in [0.5, 0.6) is 0 Å². The fourth-order valence-corrected chi connectivity index (χ4v) is 2.97. The molecule has 1 aromatic rings. The van der Waals surface area contributed by atoms with Crippen molar-refractivity contribution < 1.29 is 19.1 Å². The first-order chi connectivity index (χ1) is 11.4. The fourth-order valence-electron chi connectivity index (χ4n) is 2.97. The van der Waals surface area contributed by atoms with Crippen LogP contribution in [0.1, 0.15) is 18.1 Å². The molecule has 1 aromatic carbocycles. The van der Waals surface area contributed by atoms with Crippen molar-refractivity contribution in [3.05, 3.63) is 35.4 Å². The van der Waals surface area contributed by atoms with Gasteiger partial charge >= 0.3 is 6.03 Å². The van der Waals surface area contributed by atoms with Crippen molar-refractivity contribution in [2.75, 3.05) is 32.8 Å². The normalized spacial score (nSPS) is 24.2. The quantitative estimate of drug-likeness (QED) is 0.824. The lowest BCUT2D eigenvalue weighted by Gasteiger charge is -2.28. The molecule has 3 rings (SSSR count). The van der Waals surface area contributed by atoms with E-state index >= 15 is 0 Å². The fraction of sp³-hybridized carbons (Fsp3) is 0.471. The monoisotopic (exact) mass is 331 g/mol. The third kappa shape index (κ3) is 2.87. The molecule has 0 bridgehead atoms. The molecule has 128 valence electrons. The maximum Gasteiger partial charge on any atom is 0.325 e. The van der Waals surface area contributed by atoms with E-state index in [0.717, 1.165) is 10.5 Å². The van der Waals surface area contributed by atoms with Crippen molar-refractivity contribution in [1.82, 2.24) is 15.1 Å². The molecule has 2 heterocycles. The van der Waals surface area contributed by atoms with Crippen LogP contribution in [-0.4, -0.2) is 60.5 Å². The molecule has 1 N–H and O–H groups in total. The molecule has 7 heteroatoms. The SMILES string of the molecule is Cc1ccc(C2(C)NC(=O)N(CC(=O)N3CCOCC3)C2=O)cc1. The van der Waals surface area contributed by atoms with Gasteiger partial charge in [0.05, 0.1) is 13.2 Å². The first-order valence-electron chi connectivity index (χ1n) is 7.98. The van der Waals surface area contributed by atoms with Crippen LogP contribution in [0.15, 0.2) is 24.3 Å². The zero-order chi connectivity index (χ0) is 17.3. The lowest BCUT2D eigenvalue weighted by Crippen LogP contribution is -2.47. The van der Waals surface area contributed by atoms with Crippen LogP contribution >= 0.6 is 0 Å². The van der Waals surface area contributed by atoms with Gasteiger partial charge < -0.3 is 15.0 Å². The summed E-state index contributed by atoms with van der Waals surface area (Å²) < 4.78 is 5.21. The van der Waals surface area contributed by atoms with E-state index in [0.29, 0.717) is 31.9 Å². The van der Waals surface area contributed by atoms with Gasteiger partial charge in [0, 0.05) is 13.1 Å². The number of rotatable bonds is 3. The molecule has 0 spiro atoms. The van der Waals surface area contributed by atoms with E-state index in [1.165, 1.54) is 0 Å². The largest absolute Gasteiger partial charge is 0.378 e. The first kappa shape index (κ1) is 16.4. The molecule has 4 amide bonds. The summed E-state index contributed by atoms with van der Waals surface area (Å²) in [6.45, 7) is 5.30. The summed E-state index contributed by atoms with van der Waals surface area (Å²) in [7, 11) is 0. The number of amides is 4. The van der Waals surface area contributed by atoms with Crippen LogP contribution < -0.4 is 5.32 Å². The predicted molar refractivity (Wildman–Crippen MR) is 86.2 cm³/mol. The third-order valence-corrected chi connectivity index (χ3v) is 4.56. The second-order valence-corrected chi connectivity index (χ2v) is 6.31. The van der Waals surface area contributed by atoms with Crippen molar-refractivity contribution in [3.63, 3.8) is 0 Å². The number of hydrogen-bond donors (Lipinski definition) is 1. The Morgan fingerprint density at radius 2 is 1.83 bits per heavy atom. The number of urea groups is 1. The lowest BCUT2D eigenvalue weighted by molar-refractivity contribution is -0.141. The Morgan fingerprint density at radius 3 is 2.46 bits per heavy atom. The number of morpholine rings is 1. The van der Waals surface area contributed by atoms with Crippen LogP contribution in [0.25, 0.3) is 0 Å². The van der Waals surface area contributed by atoms with Crippen molar-refractivity contribution >= 4 is 17.8 Å². The Kier molecular flexibility index (Phi) is 4.28. The zero-order valence-corrected chi connectivity index (χ0v) is 13.9. The minimum Gasteiger partial charge on any atom is -0.378 e. The molecule has 2 fully saturated rings. The van der Waals surface area contributed by atoms with Crippen molar-refractivity contribution in [1.29, 1.82) is 0 Å². The van der Waals surface area contributed by atoms with Gasteiger partial charge in [0.1, 0.15) is 12.1 Å². The van der Waals surface area contributed by atoms with Gasteiger partial charge in [-0.05, 0) is 19.4 Å². The van der Waals surface area contributed by atoms with Gasteiger partial charge in [0.15, 0.2) is 0 Å². The van der Waals surface area contributed by atoms with E-state index in [1.54, 1.807) is 11.8 Å². The molecule has 7 nitrogen and oxygen atoms in total. The molecule has 2 aliphatic heterocycles. The van der Waals surface area contributed by atoms with Gasteiger partial charge in [-0.25, -0.2) is 4.79 Å². The third-order valence-electron chi connectivity index (χ3n) is 4.56. The van der Waals surface area contributed by atoms with Gasteiger partial charge in [0.2, 0.25) is 5.91 Å². The molecule has 0 aliphatic carbocycles. The molecule has 2 aliphatic rings. The van der Waals surface area contributed by atoms with Gasteiger partial charge in [-0.3, -0.25) is 14.5 Å². The Hall–Kier alpha value is -2.41. The molecule has 2 saturated heterocycles. The number of benzene rings is 1. The van der Waals surface area contributed by atoms with Gasteiger partial charge in [-0.2, -0.15) is 0 Å². The van der Waals surface area contributed by atoms with E-state index in [1.807, 2.05) is 31.2 Å². The second kappa shape index (κ2) is 6.24. The van der Waals surface area contributed by atoms with Crippen molar-refractivity contribution in [2.45, 2.75) is 19.4 Å². The number of nitrogens with one attached hydrogen (secondary N) is 1. The highest BCUT2D eigenvalue weighted by Gasteiger charge is 2.49. The topological polar surface area (TPSA) is 79.0 Å². The summed E-state index contributed by atoms with van der Waals surface area (Å²) in [5.41, 5.74) is 0.627. The molecule has 0 saturated carbocycles. The van der Waals surface area contributed by atoms with E-state index in [9.17, 15) is 14.4 Å². The number of aryl methyl sites for hydroxylation is 1. The smallest absolute Gasteiger partial charge is 0.325 e. The summed E-state index contributed by atoms with van der Waals surface area (Å²) in [6.07, 6.45) is 0. The highest BCUT2D eigenvalue weighted by atomic mass is 16.5. The summed E-state index contributed by atoms with van der Waals surface area (Å²) in [5, 5.41) is 2.72. The number of ether oxygens (including phenoxy) is 1. The van der Waals surface area contributed by atoms with Gasteiger partial charge in [-0.15, -0.1) is 0 Å². The number of hydrogen-bond acceptors (Lipinski definition) is 4. The highest BCUT2D eigenvalue weighted by Crippen LogP contribution is 2.29. The van der Waals surface area contributed by atoms with Crippen LogP contribution in [0.3, 0.4) is 0 Å². The van der Waals surface area contributed by atoms with Crippen LogP contribution in [0, 0.1) is 6.92 Å². The van der Waals surface area contributed by atoms with E-state index in [2.05, 4.69) is 5.32 Å².